The largest absolute Gasteiger partial charge is 0.404 e. The normalized spacial score (nSPS) is 20.4. The van der Waals surface area contributed by atoms with E-state index in [0.717, 1.165) is 18.6 Å². The van der Waals surface area contributed by atoms with Crippen molar-refractivity contribution in [2.24, 2.45) is 5.73 Å². The maximum absolute atomic E-state index is 5.74. The minimum absolute atomic E-state index is 0.269. The van der Waals surface area contributed by atoms with E-state index < -0.39 is 0 Å². The number of benzene rings is 1. The predicted octanol–water partition coefficient (Wildman–Crippen LogP) is 2.99. The summed E-state index contributed by atoms with van der Waals surface area (Å²) in [6.45, 7) is 4.90. The summed E-state index contributed by atoms with van der Waals surface area (Å²) in [5.41, 5.74) is 10.5. The monoisotopic (exact) mass is 203 g/mol. The molecular weight excluding hydrogens is 186 g/mol. The van der Waals surface area contributed by atoms with Gasteiger partial charge in [-0.15, -0.1) is 0 Å². The third-order valence-electron chi connectivity index (χ3n) is 3.03. The SMILES string of the molecule is CC[C@@H]1OCc2c(/C(C)=C/N)cccc21. The fraction of sp³-hybridized carbons (Fsp3) is 0.385. The number of rotatable bonds is 2. The van der Waals surface area contributed by atoms with Crippen LogP contribution in [0.4, 0.5) is 0 Å². The van der Waals surface area contributed by atoms with Crippen molar-refractivity contribution in [3.63, 3.8) is 0 Å². The molecule has 0 saturated carbocycles. The number of fused-ring (bicyclic) bond motifs is 1. The van der Waals surface area contributed by atoms with Crippen LogP contribution in [0.15, 0.2) is 24.4 Å². The average molecular weight is 203 g/mol. The number of allylic oxidation sites excluding steroid dienone is 1. The molecule has 2 nitrogen and oxygen atoms in total. The van der Waals surface area contributed by atoms with E-state index in [-0.39, 0.29) is 6.10 Å². The van der Waals surface area contributed by atoms with Crippen LogP contribution >= 0.6 is 0 Å². The quantitative estimate of drug-likeness (QED) is 0.802. The van der Waals surface area contributed by atoms with E-state index in [1.54, 1.807) is 6.20 Å². The van der Waals surface area contributed by atoms with E-state index in [1.807, 2.05) is 6.92 Å². The first kappa shape index (κ1) is 10.2. The molecule has 1 aliphatic rings. The second kappa shape index (κ2) is 4.07. The molecule has 1 atom stereocenters. The Morgan fingerprint density at radius 1 is 1.60 bits per heavy atom. The molecule has 0 bridgehead atoms. The van der Waals surface area contributed by atoms with Crippen molar-refractivity contribution < 1.29 is 4.74 Å². The molecule has 2 rings (SSSR count). The Morgan fingerprint density at radius 3 is 3.07 bits per heavy atom. The van der Waals surface area contributed by atoms with Crippen LogP contribution in [-0.2, 0) is 11.3 Å². The average Bonchev–Trinajstić information content (AvgIpc) is 2.70. The molecule has 0 radical (unpaired) electrons. The minimum Gasteiger partial charge on any atom is -0.404 e. The van der Waals surface area contributed by atoms with Crippen LogP contribution < -0.4 is 5.73 Å². The van der Waals surface area contributed by atoms with E-state index in [1.165, 1.54) is 16.7 Å². The van der Waals surface area contributed by atoms with Crippen molar-refractivity contribution in [2.45, 2.75) is 33.0 Å². The lowest BCUT2D eigenvalue weighted by Gasteiger charge is -2.09. The van der Waals surface area contributed by atoms with Crippen LogP contribution in [-0.4, -0.2) is 0 Å². The molecule has 0 unspecified atom stereocenters. The molecule has 0 amide bonds. The summed E-state index contributed by atoms with van der Waals surface area (Å²) in [4.78, 5) is 0. The summed E-state index contributed by atoms with van der Waals surface area (Å²) < 4.78 is 5.74. The highest BCUT2D eigenvalue weighted by Gasteiger charge is 2.23. The predicted molar refractivity (Wildman–Crippen MR) is 62.1 cm³/mol. The standard InChI is InChI=1S/C13H17NO/c1-3-13-11-6-4-5-10(9(2)7-14)12(11)8-15-13/h4-7,13H,3,8,14H2,1-2H3/b9-7+/t13-/m0/s1. The first-order valence-corrected chi connectivity index (χ1v) is 5.40. The zero-order valence-electron chi connectivity index (χ0n) is 9.29. The summed E-state index contributed by atoms with van der Waals surface area (Å²) in [7, 11) is 0. The van der Waals surface area contributed by atoms with Gasteiger partial charge in [-0.25, -0.2) is 0 Å². The third-order valence-corrected chi connectivity index (χ3v) is 3.03. The van der Waals surface area contributed by atoms with Gasteiger partial charge in [-0.3, -0.25) is 0 Å². The highest BCUT2D eigenvalue weighted by molar-refractivity contribution is 5.67. The van der Waals surface area contributed by atoms with Gasteiger partial charge in [-0.2, -0.15) is 0 Å². The first-order valence-electron chi connectivity index (χ1n) is 5.40. The van der Waals surface area contributed by atoms with Crippen molar-refractivity contribution in [3.05, 3.63) is 41.1 Å². The number of ether oxygens (including phenoxy) is 1. The molecule has 0 saturated heterocycles. The van der Waals surface area contributed by atoms with E-state index >= 15 is 0 Å². The molecule has 1 aliphatic heterocycles. The maximum atomic E-state index is 5.74. The molecule has 0 aliphatic carbocycles. The van der Waals surface area contributed by atoms with Crippen molar-refractivity contribution in [2.75, 3.05) is 0 Å². The lowest BCUT2D eigenvalue weighted by Crippen LogP contribution is -1.95. The van der Waals surface area contributed by atoms with Crippen LogP contribution in [0, 0.1) is 0 Å². The Labute approximate surface area is 90.7 Å². The summed E-state index contributed by atoms with van der Waals surface area (Å²) >= 11 is 0. The van der Waals surface area contributed by atoms with Gasteiger partial charge >= 0.3 is 0 Å². The van der Waals surface area contributed by atoms with Gasteiger partial charge in [0.2, 0.25) is 0 Å². The topological polar surface area (TPSA) is 35.2 Å². The highest BCUT2D eigenvalue weighted by Crippen LogP contribution is 2.36. The third kappa shape index (κ3) is 1.65. The molecule has 2 N–H and O–H groups in total. The summed E-state index contributed by atoms with van der Waals surface area (Å²) in [5, 5.41) is 0. The fourth-order valence-corrected chi connectivity index (χ4v) is 2.14. The van der Waals surface area contributed by atoms with Crippen LogP contribution in [0.25, 0.3) is 5.57 Å². The van der Waals surface area contributed by atoms with E-state index in [2.05, 4.69) is 25.1 Å². The fourth-order valence-electron chi connectivity index (χ4n) is 2.14. The van der Waals surface area contributed by atoms with Gasteiger partial charge in [0.25, 0.3) is 0 Å². The Kier molecular flexibility index (Phi) is 2.78. The zero-order valence-corrected chi connectivity index (χ0v) is 9.29. The molecule has 1 heterocycles. The molecule has 2 heteroatoms. The summed E-state index contributed by atoms with van der Waals surface area (Å²) in [6.07, 6.45) is 2.96. The van der Waals surface area contributed by atoms with Gasteiger partial charge in [0, 0.05) is 0 Å². The van der Waals surface area contributed by atoms with Gasteiger partial charge in [0.1, 0.15) is 0 Å². The molecule has 0 aromatic heterocycles. The van der Waals surface area contributed by atoms with Crippen molar-refractivity contribution in [3.8, 4) is 0 Å². The Morgan fingerprint density at radius 2 is 2.40 bits per heavy atom. The van der Waals surface area contributed by atoms with Gasteiger partial charge in [0.15, 0.2) is 0 Å². The molecule has 0 fully saturated rings. The van der Waals surface area contributed by atoms with Gasteiger partial charge in [-0.05, 0) is 41.8 Å². The second-order valence-electron chi connectivity index (χ2n) is 3.93. The Balaban J connectivity index is 2.49. The molecule has 80 valence electrons. The van der Waals surface area contributed by atoms with Crippen molar-refractivity contribution in [1.82, 2.24) is 0 Å². The lowest BCUT2D eigenvalue weighted by molar-refractivity contribution is 0.0636. The van der Waals surface area contributed by atoms with E-state index in [9.17, 15) is 0 Å². The zero-order chi connectivity index (χ0) is 10.8. The molecule has 15 heavy (non-hydrogen) atoms. The molecular formula is C13H17NO. The van der Waals surface area contributed by atoms with Crippen molar-refractivity contribution in [1.29, 1.82) is 0 Å². The molecule has 0 spiro atoms. The Hall–Kier alpha value is -1.28. The molecule has 1 aromatic carbocycles. The van der Waals surface area contributed by atoms with Crippen LogP contribution in [0.3, 0.4) is 0 Å². The summed E-state index contributed by atoms with van der Waals surface area (Å²) in [6, 6.07) is 6.35. The van der Waals surface area contributed by atoms with Crippen LogP contribution in [0.5, 0.6) is 0 Å². The Bertz CT molecular complexity index is 396. The van der Waals surface area contributed by atoms with Gasteiger partial charge in [-0.1, -0.05) is 25.1 Å². The maximum Gasteiger partial charge on any atom is 0.0830 e. The second-order valence-corrected chi connectivity index (χ2v) is 3.93. The van der Waals surface area contributed by atoms with Crippen LogP contribution in [0.1, 0.15) is 43.1 Å². The van der Waals surface area contributed by atoms with E-state index in [0.29, 0.717) is 0 Å². The number of hydrogen-bond acceptors (Lipinski definition) is 2. The van der Waals surface area contributed by atoms with E-state index in [4.69, 9.17) is 10.5 Å². The number of hydrogen-bond donors (Lipinski definition) is 1. The van der Waals surface area contributed by atoms with Crippen molar-refractivity contribution >= 4 is 5.57 Å². The smallest absolute Gasteiger partial charge is 0.0830 e. The molecule has 1 aromatic rings. The number of nitrogens with two attached hydrogens (primary N) is 1. The lowest BCUT2D eigenvalue weighted by atomic mass is 9.95. The first-order chi connectivity index (χ1) is 7.27. The van der Waals surface area contributed by atoms with Crippen LogP contribution in [0.2, 0.25) is 0 Å². The highest BCUT2D eigenvalue weighted by atomic mass is 16.5. The van der Waals surface area contributed by atoms with Gasteiger partial charge < -0.3 is 10.5 Å². The minimum atomic E-state index is 0.269. The van der Waals surface area contributed by atoms with Gasteiger partial charge in [0.05, 0.1) is 12.7 Å². The summed E-state index contributed by atoms with van der Waals surface area (Å²) in [5.74, 6) is 0.